The van der Waals surface area contributed by atoms with Crippen molar-refractivity contribution >= 4 is 23.7 Å². The standard InChI is InChI=1S/C7H14Cl2O2/c1-6(2,10-8)5-7(3,4)11-9/h5H2,1-4H3. The molecule has 68 valence electrons. The minimum absolute atomic E-state index is 0.417. The van der Waals surface area contributed by atoms with Crippen LogP contribution in [0.15, 0.2) is 0 Å². The van der Waals surface area contributed by atoms with Crippen LogP contribution in [0, 0.1) is 0 Å². The molecule has 0 rings (SSSR count). The Hall–Kier alpha value is 0.500. The Kier molecular flexibility index (Phi) is 4.12. The molecule has 0 aliphatic heterocycles. The van der Waals surface area contributed by atoms with Gasteiger partial charge in [0, 0.05) is 6.42 Å². The van der Waals surface area contributed by atoms with Gasteiger partial charge in [-0.3, -0.25) is 8.58 Å². The Labute approximate surface area is 78.1 Å². The van der Waals surface area contributed by atoms with Crippen LogP contribution in [0.4, 0.5) is 0 Å². The molecule has 0 amide bonds. The van der Waals surface area contributed by atoms with E-state index in [1.54, 1.807) is 0 Å². The smallest absolute Gasteiger partial charge is 0.0869 e. The third-order valence-corrected chi connectivity index (χ3v) is 2.10. The van der Waals surface area contributed by atoms with E-state index in [-0.39, 0.29) is 0 Å². The normalized spacial score (nSPS) is 13.6. The van der Waals surface area contributed by atoms with Gasteiger partial charge in [-0.1, -0.05) is 0 Å². The van der Waals surface area contributed by atoms with Crippen LogP contribution in [-0.4, -0.2) is 11.2 Å². The van der Waals surface area contributed by atoms with Gasteiger partial charge in [0.15, 0.2) is 0 Å². The molecule has 0 spiro atoms. The topological polar surface area (TPSA) is 18.5 Å². The van der Waals surface area contributed by atoms with Gasteiger partial charge in [-0.2, -0.15) is 0 Å². The highest BCUT2D eigenvalue weighted by atomic mass is 35.5. The van der Waals surface area contributed by atoms with Crippen molar-refractivity contribution in [2.45, 2.75) is 45.3 Å². The first-order chi connectivity index (χ1) is 4.83. The second kappa shape index (κ2) is 3.94. The van der Waals surface area contributed by atoms with E-state index in [0.717, 1.165) is 0 Å². The fourth-order valence-electron chi connectivity index (χ4n) is 1.08. The summed E-state index contributed by atoms with van der Waals surface area (Å²) in [6.07, 6.45) is 0.632. The van der Waals surface area contributed by atoms with Crippen molar-refractivity contribution in [1.82, 2.24) is 0 Å². The second-order valence-corrected chi connectivity index (χ2v) is 4.16. The van der Waals surface area contributed by atoms with Gasteiger partial charge in [-0.05, 0) is 27.7 Å². The van der Waals surface area contributed by atoms with Crippen LogP contribution in [0.1, 0.15) is 34.1 Å². The molecule has 0 fully saturated rings. The van der Waals surface area contributed by atoms with Crippen molar-refractivity contribution < 1.29 is 8.58 Å². The SMILES string of the molecule is CC(C)(CC(C)(C)OCl)OCl. The maximum Gasteiger partial charge on any atom is 0.0869 e. The van der Waals surface area contributed by atoms with Crippen molar-refractivity contribution in [3.05, 3.63) is 0 Å². The Morgan fingerprint density at radius 2 is 1.18 bits per heavy atom. The molecule has 0 aromatic heterocycles. The van der Waals surface area contributed by atoms with E-state index in [0.29, 0.717) is 6.42 Å². The van der Waals surface area contributed by atoms with E-state index < -0.39 is 11.2 Å². The third-order valence-electron chi connectivity index (χ3n) is 1.27. The molecule has 0 bridgehead atoms. The summed E-state index contributed by atoms with van der Waals surface area (Å²) in [6, 6.07) is 0. The molecule has 0 aliphatic rings. The van der Waals surface area contributed by atoms with Gasteiger partial charge < -0.3 is 0 Å². The number of hydrogen-bond acceptors (Lipinski definition) is 2. The minimum Gasteiger partial charge on any atom is -0.273 e. The first-order valence-corrected chi connectivity index (χ1v) is 4.04. The quantitative estimate of drug-likeness (QED) is 0.694. The van der Waals surface area contributed by atoms with Crippen LogP contribution < -0.4 is 0 Å². The van der Waals surface area contributed by atoms with Gasteiger partial charge in [0.2, 0.25) is 0 Å². The zero-order valence-electron chi connectivity index (χ0n) is 7.28. The predicted molar refractivity (Wildman–Crippen MR) is 46.7 cm³/mol. The Balaban J connectivity index is 4.02. The lowest BCUT2D eigenvalue weighted by Crippen LogP contribution is -2.33. The summed E-state index contributed by atoms with van der Waals surface area (Å²) in [6.45, 7) is 7.49. The van der Waals surface area contributed by atoms with E-state index in [9.17, 15) is 0 Å². The summed E-state index contributed by atoms with van der Waals surface area (Å²) in [5.41, 5.74) is -0.833. The van der Waals surface area contributed by atoms with E-state index >= 15 is 0 Å². The molecular formula is C7H14Cl2O2. The van der Waals surface area contributed by atoms with Gasteiger partial charge in [-0.25, -0.2) is 0 Å². The summed E-state index contributed by atoms with van der Waals surface area (Å²) in [5.74, 6) is 0. The maximum absolute atomic E-state index is 5.26. The predicted octanol–water partition coefficient (Wildman–Crippen LogP) is 3.27. The molecular weight excluding hydrogens is 187 g/mol. The Bertz CT molecular complexity index is 110. The lowest BCUT2D eigenvalue weighted by molar-refractivity contribution is 0.0154. The summed E-state index contributed by atoms with van der Waals surface area (Å²) >= 11 is 10.5. The number of hydrogen-bond donors (Lipinski definition) is 0. The summed E-state index contributed by atoms with van der Waals surface area (Å²) in [4.78, 5) is 0. The van der Waals surface area contributed by atoms with Crippen LogP contribution in [-0.2, 0) is 8.58 Å². The fraction of sp³-hybridized carbons (Fsp3) is 1.00. The average Bonchev–Trinajstić information content (AvgIpc) is 1.86. The Morgan fingerprint density at radius 1 is 0.909 bits per heavy atom. The molecule has 0 N–H and O–H groups in total. The Morgan fingerprint density at radius 3 is 1.36 bits per heavy atom. The van der Waals surface area contributed by atoms with Crippen LogP contribution >= 0.6 is 23.7 Å². The first kappa shape index (κ1) is 11.5. The highest BCUT2D eigenvalue weighted by Gasteiger charge is 2.30. The van der Waals surface area contributed by atoms with E-state index in [4.69, 9.17) is 32.3 Å². The van der Waals surface area contributed by atoms with Crippen molar-refractivity contribution in [3.8, 4) is 0 Å². The molecule has 0 saturated carbocycles. The van der Waals surface area contributed by atoms with E-state index in [2.05, 4.69) is 0 Å². The third kappa shape index (κ3) is 4.86. The van der Waals surface area contributed by atoms with Gasteiger partial charge in [0.1, 0.15) is 0 Å². The second-order valence-electron chi connectivity index (χ2n) is 3.85. The molecule has 0 aromatic carbocycles. The molecule has 0 saturated heterocycles. The van der Waals surface area contributed by atoms with Gasteiger partial charge in [0.25, 0.3) is 0 Å². The summed E-state index contributed by atoms with van der Waals surface area (Å²) in [7, 11) is 0. The van der Waals surface area contributed by atoms with Crippen LogP contribution in [0.5, 0.6) is 0 Å². The molecule has 11 heavy (non-hydrogen) atoms. The summed E-state index contributed by atoms with van der Waals surface area (Å²) < 4.78 is 9.42. The van der Waals surface area contributed by atoms with E-state index in [1.807, 2.05) is 27.7 Å². The highest BCUT2D eigenvalue weighted by molar-refractivity contribution is 6.08. The largest absolute Gasteiger partial charge is 0.273 e. The monoisotopic (exact) mass is 200 g/mol. The van der Waals surface area contributed by atoms with Crippen molar-refractivity contribution in [2.24, 2.45) is 0 Å². The molecule has 4 heteroatoms. The molecule has 0 radical (unpaired) electrons. The maximum atomic E-state index is 5.26. The van der Waals surface area contributed by atoms with E-state index in [1.165, 1.54) is 0 Å². The molecule has 0 heterocycles. The fourth-order valence-corrected chi connectivity index (χ4v) is 1.19. The number of halogens is 2. The van der Waals surface area contributed by atoms with Crippen molar-refractivity contribution in [3.63, 3.8) is 0 Å². The van der Waals surface area contributed by atoms with Gasteiger partial charge in [0.05, 0.1) is 34.9 Å². The van der Waals surface area contributed by atoms with Crippen LogP contribution in [0.2, 0.25) is 0 Å². The molecule has 0 unspecified atom stereocenters. The molecule has 0 aromatic rings. The molecule has 2 nitrogen and oxygen atoms in total. The molecule has 0 atom stereocenters. The minimum atomic E-state index is -0.417. The first-order valence-electron chi connectivity index (χ1n) is 3.42. The zero-order valence-corrected chi connectivity index (χ0v) is 8.79. The average molecular weight is 201 g/mol. The lowest BCUT2D eigenvalue weighted by atomic mass is 9.93. The van der Waals surface area contributed by atoms with Crippen LogP contribution in [0.3, 0.4) is 0 Å². The summed E-state index contributed by atoms with van der Waals surface area (Å²) in [5, 5.41) is 0. The zero-order chi connectivity index (χ0) is 9.12. The number of rotatable bonds is 4. The van der Waals surface area contributed by atoms with Crippen LogP contribution in [0.25, 0.3) is 0 Å². The highest BCUT2D eigenvalue weighted by Crippen LogP contribution is 2.27. The van der Waals surface area contributed by atoms with Crippen molar-refractivity contribution in [1.29, 1.82) is 0 Å². The lowest BCUT2D eigenvalue weighted by Gasteiger charge is -2.29. The van der Waals surface area contributed by atoms with Gasteiger partial charge in [-0.15, -0.1) is 0 Å². The molecule has 0 aliphatic carbocycles. The van der Waals surface area contributed by atoms with Crippen molar-refractivity contribution in [2.75, 3.05) is 0 Å². The van der Waals surface area contributed by atoms with Gasteiger partial charge >= 0.3 is 0 Å².